The molecule has 1 aliphatic heterocycles. The topological polar surface area (TPSA) is 85.4 Å². The minimum Gasteiger partial charge on any atom is -0.459 e. The fourth-order valence-corrected chi connectivity index (χ4v) is 2.73. The van der Waals surface area contributed by atoms with Crippen molar-refractivity contribution in [2.24, 2.45) is 0 Å². The van der Waals surface area contributed by atoms with Crippen LogP contribution in [0.15, 0.2) is 43.0 Å². The minimum atomic E-state index is -0.989. The number of hydrogen-bond acceptors (Lipinski definition) is 6. The zero-order chi connectivity index (χ0) is 21.4. The summed E-state index contributed by atoms with van der Waals surface area (Å²) in [6, 6.07) is 8.22. The highest BCUT2D eigenvalue weighted by Crippen LogP contribution is 2.17. The van der Waals surface area contributed by atoms with E-state index in [-0.39, 0.29) is 32.8 Å². The molecule has 1 aromatic rings. The molecule has 158 valence electrons. The van der Waals surface area contributed by atoms with E-state index in [0.29, 0.717) is 0 Å². The molecule has 1 heterocycles. The van der Waals surface area contributed by atoms with E-state index < -0.39 is 29.8 Å². The summed E-state index contributed by atoms with van der Waals surface area (Å²) in [5.74, 6) is -0.613. The summed E-state index contributed by atoms with van der Waals surface area (Å²) in [5, 5.41) is 0. The highest BCUT2D eigenvalue weighted by Gasteiger charge is 2.40. The van der Waals surface area contributed by atoms with Gasteiger partial charge in [0.05, 0.1) is 6.54 Å². The fraction of sp³-hybridized carbons (Fsp3) is 0.476. The van der Waals surface area contributed by atoms with Gasteiger partial charge >= 0.3 is 18.2 Å². The second kappa shape index (κ2) is 9.95. The average molecular weight is 404 g/mol. The van der Waals surface area contributed by atoms with Crippen molar-refractivity contribution in [3.8, 4) is 0 Å². The third-order valence-electron chi connectivity index (χ3n) is 4.09. The third-order valence-corrected chi connectivity index (χ3v) is 4.09. The maximum Gasteiger partial charge on any atom is 0.410 e. The number of piperazine rings is 1. The number of ether oxygens (including phenoxy) is 3. The molecule has 1 fully saturated rings. The van der Waals surface area contributed by atoms with Crippen LogP contribution >= 0.6 is 0 Å². The Balaban J connectivity index is 2.09. The van der Waals surface area contributed by atoms with E-state index in [1.165, 1.54) is 15.9 Å². The SMILES string of the molecule is C=CCOC(=O)N1CCN(C(=O)OC(C)(C)C)C[C@H]1C(=O)OCc1ccccc1. The van der Waals surface area contributed by atoms with Gasteiger partial charge in [0.15, 0.2) is 6.04 Å². The Morgan fingerprint density at radius 1 is 1.10 bits per heavy atom. The molecule has 0 aromatic heterocycles. The van der Waals surface area contributed by atoms with Crippen LogP contribution in [-0.2, 0) is 25.6 Å². The van der Waals surface area contributed by atoms with E-state index in [2.05, 4.69) is 6.58 Å². The van der Waals surface area contributed by atoms with Crippen LogP contribution in [0, 0.1) is 0 Å². The molecule has 0 N–H and O–H groups in total. The number of hydrogen-bond donors (Lipinski definition) is 0. The van der Waals surface area contributed by atoms with Crippen molar-refractivity contribution >= 4 is 18.2 Å². The molecule has 0 aliphatic carbocycles. The number of rotatable bonds is 5. The van der Waals surface area contributed by atoms with Crippen LogP contribution in [-0.4, -0.2) is 65.8 Å². The Kier molecular flexibility index (Phi) is 7.64. The number of esters is 1. The lowest BCUT2D eigenvalue weighted by Gasteiger charge is -2.39. The summed E-state index contributed by atoms with van der Waals surface area (Å²) < 4.78 is 15.9. The van der Waals surface area contributed by atoms with Gasteiger partial charge in [0.1, 0.15) is 18.8 Å². The predicted octanol–water partition coefficient (Wildman–Crippen LogP) is 2.97. The third kappa shape index (κ3) is 6.81. The maximum absolute atomic E-state index is 12.7. The average Bonchev–Trinajstić information content (AvgIpc) is 2.69. The van der Waals surface area contributed by atoms with Crippen molar-refractivity contribution in [3.63, 3.8) is 0 Å². The van der Waals surface area contributed by atoms with Gasteiger partial charge in [-0.25, -0.2) is 14.4 Å². The molecule has 0 unspecified atom stereocenters. The number of carbonyl (C=O) groups is 3. The molecule has 0 radical (unpaired) electrons. The normalized spacial score (nSPS) is 16.7. The van der Waals surface area contributed by atoms with Crippen LogP contribution in [0.5, 0.6) is 0 Å². The lowest BCUT2D eigenvalue weighted by molar-refractivity contribution is -0.152. The molecule has 0 bridgehead atoms. The minimum absolute atomic E-state index is 0.0247. The molecule has 1 atom stereocenters. The van der Waals surface area contributed by atoms with E-state index in [1.807, 2.05) is 30.3 Å². The Bertz CT molecular complexity index is 728. The first-order valence-electron chi connectivity index (χ1n) is 9.44. The van der Waals surface area contributed by atoms with Crippen molar-refractivity contribution < 1.29 is 28.6 Å². The Hall–Kier alpha value is -3.03. The van der Waals surface area contributed by atoms with Crippen molar-refractivity contribution in [1.29, 1.82) is 0 Å². The largest absolute Gasteiger partial charge is 0.459 e. The molecule has 29 heavy (non-hydrogen) atoms. The van der Waals surface area contributed by atoms with Gasteiger partial charge in [0.2, 0.25) is 0 Å². The molecule has 0 saturated carbocycles. The molecule has 1 saturated heterocycles. The summed E-state index contributed by atoms with van der Waals surface area (Å²) in [7, 11) is 0. The summed E-state index contributed by atoms with van der Waals surface area (Å²) in [6.07, 6.45) is 0.241. The fourth-order valence-electron chi connectivity index (χ4n) is 2.73. The maximum atomic E-state index is 12.7. The highest BCUT2D eigenvalue weighted by molar-refractivity contribution is 5.83. The van der Waals surface area contributed by atoms with Crippen LogP contribution in [0.1, 0.15) is 26.3 Å². The van der Waals surface area contributed by atoms with Crippen LogP contribution < -0.4 is 0 Å². The molecule has 2 rings (SSSR count). The van der Waals surface area contributed by atoms with Gasteiger partial charge in [-0.05, 0) is 26.3 Å². The molecule has 8 nitrogen and oxygen atoms in total. The van der Waals surface area contributed by atoms with E-state index in [9.17, 15) is 14.4 Å². The van der Waals surface area contributed by atoms with E-state index in [4.69, 9.17) is 14.2 Å². The number of benzene rings is 1. The van der Waals surface area contributed by atoms with Crippen molar-refractivity contribution in [3.05, 3.63) is 48.6 Å². The van der Waals surface area contributed by atoms with Crippen molar-refractivity contribution in [2.45, 2.75) is 39.0 Å². The number of nitrogens with zero attached hydrogens (tertiary/aromatic N) is 2. The summed E-state index contributed by atoms with van der Waals surface area (Å²) in [5.41, 5.74) is 0.155. The zero-order valence-electron chi connectivity index (χ0n) is 17.1. The first-order chi connectivity index (χ1) is 13.7. The Labute approximate surface area is 171 Å². The molecular weight excluding hydrogens is 376 g/mol. The van der Waals surface area contributed by atoms with Crippen LogP contribution in [0.2, 0.25) is 0 Å². The summed E-state index contributed by atoms with van der Waals surface area (Å²) in [4.78, 5) is 40.2. The molecule has 2 amide bonds. The van der Waals surface area contributed by atoms with Crippen molar-refractivity contribution in [2.75, 3.05) is 26.2 Å². The quantitative estimate of drug-likeness (QED) is 0.426. The van der Waals surface area contributed by atoms with Gasteiger partial charge < -0.3 is 19.1 Å². The second-order valence-electron chi connectivity index (χ2n) is 7.59. The molecule has 1 aliphatic rings. The number of amides is 2. The van der Waals surface area contributed by atoms with Gasteiger partial charge in [-0.15, -0.1) is 0 Å². The molecular formula is C21H28N2O6. The van der Waals surface area contributed by atoms with Crippen LogP contribution in [0.4, 0.5) is 9.59 Å². The number of carbonyl (C=O) groups excluding carboxylic acids is 3. The standard InChI is InChI=1S/C21H28N2O6/c1-5-13-27-20(26)23-12-11-22(19(25)29-21(2,3)4)14-17(23)18(24)28-15-16-9-7-6-8-10-16/h5-10,17H,1,11-15H2,2-4H3/t17-/m0/s1. The summed E-state index contributed by atoms with van der Waals surface area (Å²) >= 11 is 0. The Morgan fingerprint density at radius 2 is 1.79 bits per heavy atom. The van der Waals surface area contributed by atoms with Crippen molar-refractivity contribution in [1.82, 2.24) is 9.80 Å². The Morgan fingerprint density at radius 3 is 2.41 bits per heavy atom. The van der Waals surface area contributed by atoms with E-state index >= 15 is 0 Å². The van der Waals surface area contributed by atoms with Gasteiger partial charge in [-0.1, -0.05) is 43.0 Å². The van der Waals surface area contributed by atoms with Gasteiger partial charge in [0, 0.05) is 13.1 Å². The zero-order valence-corrected chi connectivity index (χ0v) is 17.1. The van der Waals surface area contributed by atoms with Gasteiger partial charge in [0.25, 0.3) is 0 Å². The lowest BCUT2D eigenvalue weighted by atomic mass is 10.1. The molecule has 0 spiro atoms. The molecule has 1 aromatic carbocycles. The van der Waals surface area contributed by atoms with Crippen LogP contribution in [0.3, 0.4) is 0 Å². The van der Waals surface area contributed by atoms with Crippen LogP contribution in [0.25, 0.3) is 0 Å². The lowest BCUT2D eigenvalue weighted by Crippen LogP contribution is -2.60. The smallest absolute Gasteiger partial charge is 0.410 e. The van der Waals surface area contributed by atoms with E-state index in [1.54, 1.807) is 20.8 Å². The summed E-state index contributed by atoms with van der Waals surface area (Å²) in [6.45, 7) is 9.20. The molecule has 8 heteroatoms. The van der Waals surface area contributed by atoms with E-state index in [0.717, 1.165) is 5.56 Å². The van der Waals surface area contributed by atoms with Gasteiger partial charge in [-0.2, -0.15) is 0 Å². The highest BCUT2D eigenvalue weighted by atomic mass is 16.6. The predicted molar refractivity (Wildman–Crippen MR) is 106 cm³/mol. The first-order valence-corrected chi connectivity index (χ1v) is 9.44. The second-order valence-corrected chi connectivity index (χ2v) is 7.59. The van der Waals surface area contributed by atoms with Gasteiger partial charge in [-0.3, -0.25) is 4.90 Å². The monoisotopic (exact) mass is 404 g/mol. The first kappa shape index (κ1) is 22.3.